The molecule has 13 nitrogen and oxygen atoms in total. The van der Waals surface area contributed by atoms with Crippen molar-refractivity contribution in [2.24, 2.45) is 7.05 Å². The third-order valence-electron chi connectivity index (χ3n) is 7.28. The number of fused-ring (bicyclic) bond motifs is 1. The van der Waals surface area contributed by atoms with Crippen molar-refractivity contribution < 1.29 is 31.1 Å². The summed E-state index contributed by atoms with van der Waals surface area (Å²) in [5.41, 5.74) is 0.848. The highest BCUT2D eigenvalue weighted by Gasteiger charge is 2.39. The van der Waals surface area contributed by atoms with E-state index in [9.17, 15) is 31.2 Å². The number of ketones is 1. The molecule has 1 aliphatic heterocycles. The van der Waals surface area contributed by atoms with Gasteiger partial charge in [-0.25, -0.2) is 28.1 Å². The zero-order valence-electron chi connectivity index (χ0n) is 24.7. The first kappa shape index (κ1) is 32.2. The average molecular weight is 649 g/mol. The molecule has 1 saturated heterocycles. The number of carbonyl (C=O) groups excluding carboxylic acids is 1. The van der Waals surface area contributed by atoms with E-state index < -0.39 is 40.0 Å². The molecule has 1 fully saturated rings. The van der Waals surface area contributed by atoms with Crippen molar-refractivity contribution in [1.29, 1.82) is 0 Å². The molecule has 1 N–H and O–H groups in total. The maximum atomic E-state index is 13.6. The fourth-order valence-corrected chi connectivity index (χ4v) is 6.45. The number of aryl methyl sites for hydroxylation is 1. The number of nitrogens with zero attached hydrogens (tertiary/aromatic N) is 7. The van der Waals surface area contributed by atoms with Gasteiger partial charge in [0.1, 0.15) is 16.2 Å². The van der Waals surface area contributed by atoms with E-state index in [2.05, 4.69) is 20.4 Å². The Balaban J connectivity index is 1.49. The molecule has 0 radical (unpaired) electrons. The third kappa shape index (κ3) is 6.32. The molecule has 0 aliphatic carbocycles. The Morgan fingerprint density at radius 1 is 1.16 bits per heavy atom. The number of rotatable bonds is 12. The Hall–Kier alpha value is -4.22. The molecule has 0 saturated carbocycles. The Morgan fingerprint density at radius 2 is 1.91 bits per heavy atom. The molecule has 240 valence electrons. The maximum Gasteiger partial charge on any atom is 0.450 e. The predicted octanol–water partition coefficient (Wildman–Crippen LogP) is 2.41. The summed E-state index contributed by atoms with van der Waals surface area (Å²) in [6, 6.07) is 6.25. The first-order valence-electron chi connectivity index (χ1n) is 14.2. The van der Waals surface area contributed by atoms with E-state index in [1.807, 2.05) is 6.92 Å². The summed E-state index contributed by atoms with van der Waals surface area (Å²) in [6.07, 6.45) is -1.63. The largest absolute Gasteiger partial charge is 0.477 e. The number of carbonyl (C=O) groups is 1. The summed E-state index contributed by atoms with van der Waals surface area (Å²) in [5, 5.41) is 7.31. The van der Waals surface area contributed by atoms with Gasteiger partial charge in [0.25, 0.3) is 5.56 Å². The monoisotopic (exact) mass is 648 g/mol. The normalized spacial score (nSPS) is 14.5. The van der Waals surface area contributed by atoms with Gasteiger partial charge in [-0.15, -0.1) is 0 Å². The van der Waals surface area contributed by atoms with Gasteiger partial charge in [-0.05, 0) is 31.5 Å². The average Bonchev–Trinajstić information content (AvgIpc) is 3.34. The number of halogens is 3. The van der Waals surface area contributed by atoms with Gasteiger partial charge < -0.3 is 10.1 Å². The molecule has 0 unspecified atom stereocenters. The molecule has 5 rings (SSSR count). The summed E-state index contributed by atoms with van der Waals surface area (Å²) in [4.78, 5) is 37.9. The standard InChI is InChI=1S/C28H31F3N8O5S/c1-4-8-20-23-24(36-39(20)22-9-6-7-11-33-22)27(41)37(3)25(35-23)19-13-18(14-34-26(19)44-5-2)45(42,43)38-15-17(16-38)32-12-10-21(40)28(29,30)31/h6-7,9,11,13-14,17,32H,4-5,8,10,12,15-16H2,1-3H3. The fraction of sp³-hybridized carbons (Fsp3) is 0.429. The van der Waals surface area contributed by atoms with Crippen molar-refractivity contribution in [2.75, 3.05) is 26.2 Å². The van der Waals surface area contributed by atoms with E-state index in [0.717, 1.165) is 16.9 Å². The number of pyridine rings is 2. The van der Waals surface area contributed by atoms with Crippen LogP contribution in [0.3, 0.4) is 0 Å². The molecule has 0 aromatic carbocycles. The molecule has 4 aromatic rings. The number of hydrogen-bond donors (Lipinski definition) is 1. The molecule has 1 aliphatic rings. The van der Waals surface area contributed by atoms with Gasteiger partial charge in [-0.1, -0.05) is 19.4 Å². The van der Waals surface area contributed by atoms with Crippen LogP contribution < -0.4 is 15.6 Å². The molecule has 4 aromatic heterocycles. The van der Waals surface area contributed by atoms with E-state index in [4.69, 9.17) is 9.72 Å². The van der Waals surface area contributed by atoms with Crippen LogP contribution in [0.25, 0.3) is 28.2 Å². The second kappa shape index (κ2) is 12.6. The lowest BCUT2D eigenvalue weighted by molar-refractivity contribution is -0.170. The van der Waals surface area contributed by atoms with E-state index >= 15 is 0 Å². The minimum Gasteiger partial charge on any atom is -0.477 e. The molecule has 0 atom stereocenters. The molecule has 0 spiro atoms. The molecule has 0 amide bonds. The van der Waals surface area contributed by atoms with E-state index in [0.29, 0.717) is 23.4 Å². The van der Waals surface area contributed by atoms with Gasteiger partial charge in [0, 0.05) is 45.3 Å². The Bertz CT molecular complexity index is 1890. The third-order valence-corrected chi connectivity index (χ3v) is 9.08. The van der Waals surface area contributed by atoms with Crippen LogP contribution in [0.1, 0.15) is 32.4 Å². The van der Waals surface area contributed by atoms with Crippen molar-refractivity contribution in [3.05, 3.63) is 52.7 Å². The first-order chi connectivity index (χ1) is 21.4. The van der Waals surface area contributed by atoms with Crippen molar-refractivity contribution in [1.82, 2.24) is 38.9 Å². The number of ether oxygens (including phenoxy) is 1. The smallest absolute Gasteiger partial charge is 0.450 e. The Labute approximate surface area is 256 Å². The number of hydrogen-bond acceptors (Lipinski definition) is 10. The van der Waals surface area contributed by atoms with Gasteiger partial charge in [-0.3, -0.25) is 14.2 Å². The van der Waals surface area contributed by atoms with Crippen molar-refractivity contribution in [3.8, 4) is 23.1 Å². The van der Waals surface area contributed by atoms with Crippen LogP contribution in [0.4, 0.5) is 13.2 Å². The number of sulfonamides is 1. The van der Waals surface area contributed by atoms with Gasteiger partial charge >= 0.3 is 6.18 Å². The minimum absolute atomic E-state index is 0.0130. The van der Waals surface area contributed by atoms with Crippen molar-refractivity contribution >= 4 is 26.8 Å². The molecule has 0 bridgehead atoms. The lowest BCUT2D eigenvalue weighted by atomic mass is 10.1. The molecule has 17 heteroatoms. The summed E-state index contributed by atoms with van der Waals surface area (Å²) in [6.45, 7) is 3.66. The summed E-state index contributed by atoms with van der Waals surface area (Å²) in [7, 11) is -2.59. The lowest BCUT2D eigenvalue weighted by Gasteiger charge is -2.38. The molecule has 5 heterocycles. The molecule has 45 heavy (non-hydrogen) atoms. The van der Waals surface area contributed by atoms with Crippen LogP contribution in [-0.4, -0.2) is 86.3 Å². The Morgan fingerprint density at radius 3 is 2.56 bits per heavy atom. The topological polar surface area (TPSA) is 154 Å². The quantitative estimate of drug-likeness (QED) is 0.242. The van der Waals surface area contributed by atoms with Gasteiger partial charge in [0.05, 0.1) is 24.1 Å². The molecular weight excluding hydrogens is 617 g/mol. The van der Waals surface area contributed by atoms with Crippen LogP contribution in [0.15, 0.2) is 46.3 Å². The van der Waals surface area contributed by atoms with Gasteiger partial charge in [-0.2, -0.15) is 22.6 Å². The van der Waals surface area contributed by atoms with E-state index in [1.165, 1.54) is 17.7 Å². The summed E-state index contributed by atoms with van der Waals surface area (Å²) < 4.78 is 74.0. The van der Waals surface area contributed by atoms with E-state index in [-0.39, 0.29) is 53.9 Å². The van der Waals surface area contributed by atoms with E-state index in [1.54, 1.807) is 36.0 Å². The zero-order chi connectivity index (χ0) is 32.5. The number of Topliss-reactive ketones (excluding diaryl/α,β-unsaturated/α-hetero) is 1. The van der Waals surface area contributed by atoms with Gasteiger partial charge in [0.15, 0.2) is 11.3 Å². The summed E-state index contributed by atoms with van der Waals surface area (Å²) in [5.74, 6) is -1.14. The van der Waals surface area contributed by atoms with Gasteiger partial charge in [0.2, 0.25) is 21.7 Å². The number of nitrogens with one attached hydrogen (secondary N) is 1. The number of alkyl halides is 3. The predicted molar refractivity (Wildman–Crippen MR) is 157 cm³/mol. The minimum atomic E-state index is -4.91. The van der Waals surface area contributed by atoms with Crippen molar-refractivity contribution in [3.63, 3.8) is 0 Å². The zero-order valence-corrected chi connectivity index (χ0v) is 25.5. The van der Waals surface area contributed by atoms with Crippen LogP contribution in [0.5, 0.6) is 5.88 Å². The fourth-order valence-electron chi connectivity index (χ4n) is 4.94. The highest BCUT2D eigenvalue weighted by molar-refractivity contribution is 7.89. The van der Waals surface area contributed by atoms with Crippen LogP contribution in [0.2, 0.25) is 0 Å². The lowest BCUT2D eigenvalue weighted by Crippen LogP contribution is -2.59. The second-order valence-corrected chi connectivity index (χ2v) is 12.3. The van der Waals surface area contributed by atoms with Crippen LogP contribution in [0, 0.1) is 0 Å². The highest BCUT2D eigenvalue weighted by Crippen LogP contribution is 2.32. The molecular formula is C28H31F3N8O5S. The van der Waals surface area contributed by atoms with Crippen LogP contribution in [-0.2, 0) is 28.3 Å². The SMILES string of the molecule is CCCc1c2nc(-c3cc(S(=O)(=O)N4CC(NCCC(=O)C(F)(F)F)C4)cnc3OCC)n(C)c(=O)c2nn1-c1ccccn1. The van der Waals surface area contributed by atoms with Crippen molar-refractivity contribution in [2.45, 2.75) is 50.2 Å². The maximum absolute atomic E-state index is 13.6. The highest BCUT2D eigenvalue weighted by atomic mass is 32.2. The second-order valence-electron chi connectivity index (χ2n) is 10.4. The first-order valence-corrected chi connectivity index (χ1v) is 15.7. The number of aromatic nitrogens is 6. The van der Waals surface area contributed by atoms with Crippen LogP contribution >= 0.6 is 0 Å². The summed E-state index contributed by atoms with van der Waals surface area (Å²) >= 11 is 0. The Kier molecular flexibility index (Phi) is 9.04.